The van der Waals surface area contributed by atoms with Crippen LogP contribution in [0.2, 0.25) is 0 Å². The number of hydrogen-bond acceptors (Lipinski definition) is 3. The minimum atomic E-state index is 0.141. The Morgan fingerprint density at radius 3 is 2.42 bits per heavy atom. The standard InChI is InChI=1S/C23H32O3/c1-14-8-9-19-22(2,3)10-7-11-23(19,4)20-15-12-17(24-5)18(25-6)13-16(15)26-21(14)20/h9,12-14,20-21H,7-8,10-11H2,1-6H3/t14-,20?,21+,23?/m1/s1. The second-order valence-electron chi connectivity index (χ2n) is 9.29. The molecule has 0 saturated heterocycles. The van der Waals surface area contributed by atoms with Gasteiger partial charge in [-0.15, -0.1) is 0 Å². The zero-order chi connectivity index (χ0) is 18.7. The van der Waals surface area contributed by atoms with Crippen LogP contribution in [0.4, 0.5) is 0 Å². The lowest BCUT2D eigenvalue weighted by molar-refractivity contribution is 0.0781. The fourth-order valence-corrected chi connectivity index (χ4v) is 5.97. The number of allylic oxidation sites excluding steroid dienone is 2. The van der Waals surface area contributed by atoms with Crippen molar-refractivity contribution in [2.24, 2.45) is 16.7 Å². The van der Waals surface area contributed by atoms with Crippen LogP contribution in [0.25, 0.3) is 0 Å². The summed E-state index contributed by atoms with van der Waals surface area (Å²) in [6.45, 7) is 9.66. The molecule has 4 rings (SSSR count). The number of benzene rings is 1. The monoisotopic (exact) mass is 356 g/mol. The number of ether oxygens (including phenoxy) is 3. The topological polar surface area (TPSA) is 27.7 Å². The normalized spacial score (nSPS) is 34.5. The molecule has 0 spiro atoms. The smallest absolute Gasteiger partial charge is 0.164 e. The van der Waals surface area contributed by atoms with Crippen molar-refractivity contribution >= 4 is 0 Å². The van der Waals surface area contributed by atoms with E-state index in [1.54, 1.807) is 19.8 Å². The molecule has 0 radical (unpaired) electrons. The summed E-state index contributed by atoms with van der Waals surface area (Å²) in [5.74, 6) is 3.41. The Labute approximate surface area is 157 Å². The van der Waals surface area contributed by atoms with Crippen LogP contribution >= 0.6 is 0 Å². The number of rotatable bonds is 2. The van der Waals surface area contributed by atoms with Gasteiger partial charge in [0, 0.05) is 17.5 Å². The van der Waals surface area contributed by atoms with E-state index >= 15 is 0 Å². The molecule has 1 aliphatic heterocycles. The van der Waals surface area contributed by atoms with Crippen molar-refractivity contribution in [3.63, 3.8) is 0 Å². The third kappa shape index (κ3) is 2.39. The van der Waals surface area contributed by atoms with Gasteiger partial charge in [-0.25, -0.2) is 0 Å². The molecule has 1 aromatic carbocycles. The molecular weight excluding hydrogens is 324 g/mol. The largest absolute Gasteiger partial charge is 0.493 e. The Morgan fingerprint density at radius 2 is 1.73 bits per heavy atom. The molecule has 3 heteroatoms. The van der Waals surface area contributed by atoms with Crippen molar-refractivity contribution in [2.45, 2.75) is 65.4 Å². The quantitative estimate of drug-likeness (QED) is 0.633. The maximum absolute atomic E-state index is 6.56. The van der Waals surface area contributed by atoms with Crippen LogP contribution < -0.4 is 14.2 Å². The maximum Gasteiger partial charge on any atom is 0.164 e. The Kier molecular flexibility index (Phi) is 4.05. The van der Waals surface area contributed by atoms with Gasteiger partial charge in [0.25, 0.3) is 0 Å². The molecule has 4 atom stereocenters. The van der Waals surface area contributed by atoms with Crippen molar-refractivity contribution in [2.75, 3.05) is 14.2 Å². The Bertz CT molecular complexity index is 748. The van der Waals surface area contributed by atoms with E-state index in [2.05, 4.69) is 39.8 Å². The van der Waals surface area contributed by atoms with Crippen molar-refractivity contribution < 1.29 is 14.2 Å². The van der Waals surface area contributed by atoms with Crippen LogP contribution in [0.3, 0.4) is 0 Å². The molecule has 1 saturated carbocycles. The minimum absolute atomic E-state index is 0.141. The fraction of sp³-hybridized carbons (Fsp3) is 0.652. The number of hydrogen-bond donors (Lipinski definition) is 0. The molecule has 0 bridgehead atoms. The van der Waals surface area contributed by atoms with Crippen molar-refractivity contribution in [1.82, 2.24) is 0 Å². The van der Waals surface area contributed by atoms with Gasteiger partial charge in [0.15, 0.2) is 11.5 Å². The summed E-state index contributed by atoms with van der Waals surface area (Å²) in [6, 6.07) is 4.19. The Hall–Kier alpha value is -1.64. The second kappa shape index (κ2) is 5.94. The zero-order valence-electron chi connectivity index (χ0n) is 17.0. The van der Waals surface area contributed by atoms with E-state index in [4.69, 9.17) is 14.2 Å². The molecule has 3 aliphatic rings. The summed E-state index contributed by atoms with van der Waals surface area (Å²) in [6.07, 6.45) is 7.65. The van der Waals surface area contributed by atoms with E-state index in [1.807, 2.05) is 6.07 Å². The lowest BCUT2D eigenvalue weighted by atomic mass is 9.54. The summed E-state index contributed by atoms with van der Waals surface area (Å²) < 4.78 is 17.7. The van der Waals surface area contributed by atoms with E-state index in [1.165, 1.54) is 24.8 Å². The van der Waals surface area contributed by atoms with Crippen LogP contribution in [0, 0.1) is 16.7 Å². The number of methoxy groups -OCH3 is 2. The maximum atomic E-state index is 6.56. The lowest BCUT2D eigenvalue weighted by Gasteiger charge is -2.49. The van der Waals surface area contributed by atoms with Crippen molar-refractivity contribution in [1.29, 1.82) is 0 Å². The Morgan fingerprint density at radius 1 is 1.04 bits per heavy atom. The highest BCUT2D eigenvalue weighted by molar-refractivity contribution is 5.56. The first-order chi connectivity index (χ1) is 12.3. The van der Waals surface area contributed by atoms with Gasteiger partial charge in [-0.05, 0) is 42.1 Å². The molecule has 3 nitrogen and oxygen atoms in total. The van der Waals surface area contributed by atoms with Crippen LogP contribution in [-0.2, 0) is 0 Å². The van der Waals surface area contributed by atoms with Gasteiger partial charge in [-0.3, -0.25) is 0 Å². The molecule has 0 amide bonds. The molecule has 142 valence electrons. The van der Waals surface area contributed by atoms with Gasteiger partial charge in [-0.1, -0.05) is 45.8 Å². The SMILES string of the molecule is COc1cc2c(cc1OC)C1[C@@H](O2)[C@H](C)CC=C2C(C)(C)CCCC21C. The molecule has 2 aliphatic carbocycles. The first-order valence-corrected chi connectivity index (χ1v) is 9.95. The van der Waals surface area contributed by atoms with Crippen LogP contribution in [0.1, 0.15) is 64.9 Å². The van der Waals surface area contributed by atoms with Crippen molar-refractivity contribution in [3.05, 3.63) is 29.3 Å². The molecule has 1 fully saturated rings. The zero-order valence-corrected chi connectivity index (χ0v) is 17.0. The fourth-order valence-electron chi connectivity index (χ4n) is 5.97. The third-order valence-corrected chi connectivity index (χ3v) is 7.23. The average Bonchev–Trinajstić information content (AvgIpc) is 2.93. The minimum Gasteiger partial charge on any atom is -0.493 e. The molecule has 0 N–H and O–H groups in total. The highest BCUT2D eigenvalue weighted by Crippen LogP contribution is 2.64. The van der Waals surface area contributed by atoms with Gasteiger partial charge in [0.1, 0.15) is 11.9 Å². The Balaban J connectivity index is 1.89. The molecule has 0 aromatic heterocycles. The van der Waals surface area contributed by atoms with Gasteiger partial charge in [0.2, 0.25) is 0 Å². The summed E-state index contributed by atoms with van der Waals surface area (Å²) >= 11 is 0. The molecular formula is C23H32O3. The summed E-state index contributed by atoms with van der Waals surface area (Å²) in [4.78, 5) is 0. The molecule has 2 unspecified atom stereocenters. The third-order valence-electron chi connectivity index (χ3n) is 7.23. The highest BCUT2D eigenvalue weighted by atomic mass is 16.5. The van der Waals surface area contributed by atoms with E-state index in [0.717, 1.165) is 23.7 Å². The summed E-state index contributed by atoms with van der Waals surface area (Å²) in [5, 5.41) is 0. The molecule has 26 heavy (non-hydrogen) atoms. The average molecular weight is 357 g/mol. The van der Waals surface area contributed by atoms with Crippen LogP contribution in [-0.4, -0.2) is 20.3 Å². The van der Waals surface area contributed by atoms with Gasteiger partial charge >= 0.3 is 0 Å². The summed E-state index contributed by atoms with van der Waals surface area (Å²) in [5.41, 5.74) is 3.34. The first kappa shape index (κ1) is 17.8. The summed E-state index contributed by atoms with van der Waals surface area (Å²) in [7, 11) is 3.40. The predicted octanol–water partition coefficient (Wildman–Crippen LogP) is 5.73. The second-order valence-corrected chi connectivity index (χ2v) is 9.29. The van der Waals surface area contributed by atoms with Crippen LogP contribution in [0.15, 0.2) is 23.8 Å². The first-order valence-electron chi connectivity index (χ1n) is 9.95. The van der Waals surface area contributed by atoms with Gasteiger partial charge in [0.05, 0.1) is 14.2 Å². The van der Waals surface area contributed by atoms with Crippen LogP contribution in [0.5, 0.6) is 17.2 Å². The molecule has 1 heterocycles. The van der Waals surface area contributed by atoms with Crippen molar-refractivity contribution in [3.8, 4) is 17.2 Å². The lowest BCUT2D eigenvalue weighted by Crippen LogP contribution is -2.42. The van der Waals surface area contributed by atoms with Gasteiger partial charge in [-0.2, -0.15) is 0 Å². The van der Waals surface area contributed by atoms with E-state index in [-0.39, 0.29) is 16.9 Å². The van der Waals surface area contributed by atoms with E-state index in [0.29, 0.717) is 11.8 Å². The highest BCUT2D eigenvalue weighted by Gasteiger charge is 2.55. The van der Waals surface area contributed by atoms with Gasteiger partial charge < -0.3 is 14.2 Å². The van der Waals surface area contributed by atoms with E-state index in [9.17, 15) is 0 Å². The van der Waals surface area contributed by atoms with E-state index < -0.39 is 0 Å². The number of fused-ring (bicyclic) bond motifs is 5. The molecule has 1 aromatic rings. The predicted molar refractivity (Wildman–Crippen MR) is 104 cm³/mol.